The zero-order valence-electron chi connectivity index (χ0n) is 8.97. The van der Waals surface area contributed by atoms with Crippen LogP contribution in [0.2, 0.25) is 0 Å². The summed E-state index contributed by atoms with van der Waals surface area (Å²) in [5, 5.41) is 8.66. The zero-order chi connectivity index (χ0) is 12.9. The first-order valence-corrected chi connectivity index (χ1v) is 5.08. The van der Waals surface area contributed by atoms with E-state index in [1.165, 1.54) is 12.1 Å². The number of aryl methyl sites for hydroxylation is 1. The lowest BCUT2D eigenvalue weighted by molar-refractivity contribution is -0.107. The van der Waals surface area contributed by atoms with Crippen molar-refractivity contribution in [1.82, 2.24) is 0 Å². The molecule has 0 amide bonds. The summed E-state index contributed by atoms with van der Waals surface area (Å²) in [5.41, 5.74) is 0.775. The summed E-state index contributed by atoms with van der Waals surface area (Å²) in [5.74, 6) is -2.12. The fourth-order valence-electron chi connectivity index (χ4n) is 1.39. The maximum absolute atomic E-state index is 12.8. The van der Waals surface area contributed by atoms with Crippen LogP contribution in [0.3, 0.4) is 0 Å². The van der Waals surface area contributed by atoms with Gasteiger partial charge >= 0.3 is 6.18 Å². The van der Waals surface area contributed by atoms with Gasteiger partial charge in [-0.25, -0.2) is 4.39 Å². The van der Waals surface area contributed by atoms with Crippen molar-refractivity contribution < 1.29 is 22.7 Å². The highest BCUT2D eigenvalue weighted by molar-refractivity contribution is 5.56. The molecule has 1 N–H and O–H groups in total. The Morgan fingerprint density at radius 1 is 1.24 bits per heavy atom. The molecule has 0 aliphatic carbocycles. The Hall–Kier alpha value is -1.36. The summed E-state index contributed by atoms with van der Waals surface area (Å²) in [6, 6.07) is 6.23. The van der Waals surface area contributed by atoms with Crippen molar-refractivity contribution >= 4 is 6.08 Å². The van der Waals surface area contributed by atoms with Crippen LogP contribution in [0.4, 0.5) is 17.6 Å². The molecular weight excluding hydrogens is 236 g/mol. The Balaban J connectivity index is 2.97. The van der Waals surface area contributed by atoms with Crippen LogP contribution in [-0.4, -0.2) is 17.9 Å². The number of halogens is 4. The third-order valence-electron chi connectivity index (χ3n) is 2.21. The highest BCUT2D eigenvalue weighted by Crippen LogP contribution is 2.29. The number of aliphatic hydroxyl groups excluding tert-OH is 1. The predicted octanol–water partition coefficient (Wildman–Crippen LogP) is 3.48. The molecular formula is C12H12F4O. The van der Waals surface area contributed by atoms with Gasteiger partial charge in [-0.2, -0.15) is 13.2 Å². The molecule has 0 aliphatic heterocycles. The number of benzene rings is 1. The summed E-state index contributed by atoms with van der Waals surface area (Å²) < 4.78 is 48.9. The molecule has 0 unspecified atom stereocenters. The first-order valence-electron chi connectivity index (χ1n) is 5.08. The third kappa shape index (κ3) is 4.19. The van der Waals surface area contributed by atoms with Crippen LogP contribution >= 0.6 is 0 Å². The molecule has 17 heavy (non-hydrogen) atoms. The summed E-state index contributed by atoms with van der Waals surface area (Å²) >= 11 is 0. The van der Waals surface area contributed by atoms with Gasteiger partial charge in [-0.15, -0.1) is 0 Å². The van der Waals surface area contributed by atoms with Gasteiger partial charge in [0.15, 0.2) is 0 Å². The summed E-state index contributed by atoms with van der Waals surface area (Å²) in [4.78, 5) is 0. The van der Waals surface area contributed by atoms with Crippen molar-refractivity contribution in [2.24, 2.45) is 0 Å². The molecule has 0 heterocycles. The first kappa shape index (κ1) is 13.7. The molecule has 0 saturated heterocycles. The highest BCUT2D eigenvalue weighted by atomic mass is 19.4. The number of rotatable bonds is 4. The molecule has 1 aromatic rings. The summed E-state index contributed by atoms with van der Waals surface area (Å²) in [6.45, 7) is -0.0558. The van der Waals surface area contributed by atoms with E-state index in [1.807, 2.05) is 0 Å². The second-order valence-corrected chi connectivity index (χ2v) is 3.52. The molecule has 1 aromatic carbocycles. The molecule has 1 rings (SSSR count). The number of hydrogen-bond donors (Lipinski definition) is 1. The van der Waals surface area contributed by atoms with Gasteiger partial charge in [0.1, 0.15) is 0 Å². The van der Waals surface area contributed by atoms with Crippen molar-refractivity contribution in [3.05, 3.63) is 41.2 Å². The normalized spacial score (nSPS) is 12.9. The molecule has 0 aliphatic rings. The van der Waals surface area contributed by atoms with E-state index in [0.717, 1.165) is 0 Å². The topological polar surface area (TPSA) is 20.2 Å². The van der Waals surface area contributed by atoms with E-state index in [-0.39, 0.29) is 12.2 Å². The lowest BCUT2D eigenvalue weighted by Crippen LogP contribution is -2.07. The highest BCUT2D eigenvalue weighted by Gasteiger charge is 2.34. The minimum absolute atomic E-state index is 0.0558. The molecule has 0 spiro atoms. The minimum atomic E-state index is -4.95. The van der Waals surface area contributed by atoms with Gasteiger partial charge in [-0.3, -0.25) is 0 Å². The van der Waals surface area contributed by atoms with Crippen LogP contribution in [0.5, 0.6) is 0 Å². The van der Waals surface area contributed by atoms with Crippen LogP contribution in [0.1, 0.15) is 17.5 Å². The standard InChI is InChI=1S/C12H12F4O/c13-11(12(14,15)16)8-10-5-2-1-4-9(10)6-3-7-17/h1-2,4-5,8,17H,3,6-7H2/b11-8-. The van der Waals surface area contributed by atoms with Crippen LogP contribution in [-0.2, 0) is 6.42 Å². The van der Waals surface area contributed by atoms with Crippen LogP contribution in [0, 0.1) is 0 Å². The fraction of sp³-hybridized carbons (Fsp3) is 0.333. The molecule has 0 saturated carbocycles. The average molecular weight is 248 g/mol. The van der Waals surface area contributed by atoms with Gasteiger partial charge in [0.25, 0.3) is 0 Å². The number of aliphatic hydroxyl groups is 1. The first-order chi connectivity index (χ1) is 7.95. The Bertz CT molecular complexity index is 396. The second kappa shape index (κ2) is 5.82. The van der Waals surface area contributed by atoms with E-state index in [2.05, 4.69) is 0 Å². The van der Waals surface area contributed by atoms with E-state index in [1.54, 1.807) is 12.1 Å². The molecule has 0 radical (unpaired) electrons. The van der Waals surface area contributed by atoms with Gasteiger partial charge in [-0.05, 0) is 30.0 Å². The van der Waals surface area contributed by atoms with Gasteiger partial charge in [-0.1, -0.05) is 24.3 Å². The fourth-order valence-corrected chi connectivity index (χ4v) is 1.39. The van der Waals surface area contributed by atoms with Crippen molar-refractivity contribution in [2.75, 3.05) is 6.61 Å². The third-order valence-corrected chi connectivity index (χ3v) is 2.21. The number of alkyl halides is 3. The van der Waals surface area contributed by atoms with Crippen molar-refractivity contribution in [3.8, 4) is 0 Å². The van der Waals surface area contributed by atoms with E-state index < -0.39 is 12.0 Å². The summed E-state index contributed by atoms with van der Waals surface area (Å²) in [7, 11) is 0. The van der Waals surface area contributed by atoms with Gasteiger partial charge in [0.2, 0.25) is 5.83 Å². The largest absolute Gasteiger partial charge is 0.442 e. The Labute approximate surface area is 96.4 Å². The van der Waals surface area contributed by atoms with Crippen LogP contribution < -0.4 is 0 Å². The quantitative estimate of drug-likeness (QED) is 0.809. The Kier molecular flexibility index (Phi) is 4.69. The number of hydrogen-bond acceptors (Lipinski definition) is 1. The van der Waals surface area contributed by atoms with E-state index in [0.29, 0.717) is 24.5 Å². The molecule has 0 bridgehead atoms. The smallest absolute Gasteiger partial charge is 0.396 e. The monoisotopic (exact) mass is 248 g/mol. The predicted molar refractivity (Wildman–Crippen MR) is 57.0 cm³/mol. The van der Waals surface area contributed by atoms with Gasteiger partial charge in [0, 0.05) is 6.61 Å². The summed E-state index contributed by atoms with van der Waals surface area (Å²) in [6.07, 6.45) is -3.64. The second-order valence-electron chi connectivity index (χ2n) is 3.52. The van der Waals surface area contributed by atoms with E-state index in [4.69, 9.17) is 5.11 Å². The number of allylic oxidation sites excluding steroid dienone is 1. The minimum Gasteiger partial charge on any atom is -0.396 e. The van der Waals surface area contributed by atoms with Crippen LogP contribution in [0.15, 0.2) is 30.1 Å². The molecule has 0 fully saturated rings. The van der Waals surface area contributed by atoms with Crippen molar-refractivity contribution in [3.63, 3.8) is 0 Å². The molecule has 5 heteroatoms. The maximum Gasteiger partial charge on any atom is 0.442 e. The molecule has 0 atom stereocenters. The lowest BCUT2D eigenvalue weighted by Gasteiger charge is -2.07. The van der Waals surface area contributed by atoms with E-state index in [9.17, 15) is 17.6 Å². The Morgan fingerprint density at radius 2 is 1.88 bits per heavy atom. The van der Waals surface area contributed by atoms with Crippen molar-refractivity contribution in [1.29, 1.82) is 0 Å². The Morgan fingerprint density at radius 3 is 2.47 bits per heavy atom. The zero-order valence-corrected chi connectivity index (χ0v) is 8.97. The molecule has 0 aromatic heterocycles. The van der Waals surface area contributed by atoms with Crippen LogP contribution in [0.25, 0.3) is 6.08 Å². The van der Waals surface area contributed by atoms with E-state index >= 15 is 0 Å². The SMILES string of the molecule is OCCCc1ccccc1/C=C(\F)C(F)(F)F. The van der Waals surface area contributed by atoms with Gasteiger partial charge in [0.05, 0.1) is 0 Å². The molecule has 1 nitrogen and oxygen atoms in total. The van der Waals surface area contributed by atoms with Gasteiger partial charge < -0.3 is 5.11 Å². The lowest BCUT2D eigenvalue weighted by atomic mass is 10.0. The molecule has 94 valence electrons. The average Bonchev–Trinajstić information content (AvgIpc) is 2.26. The van der Waals surface area contributed by atoms with Crippen molar-refractivity contribution in [2.45, 2.75) is 19.0 Å². The maximum atomic E-state index is 12.8.